The molecule has 27 heavy (non-hydrogen) atoms. The van der Waals surface area contributed by atoms with Crippen LogP contribution in [0.2, 0.25) is 0 Å². The van der Waals surface area contributed by atoms with Crippen LogP contribution in [0.5, 0.6) is 0 Å². The molecule has 0 aromatic heterocycles. The summed E-state index contributed by atoms with van der Waals surface area (Å²) in [5, 5.41) is 5.35. The van der Waals surface area contributed by atoms with E-state index in [0.29, 0.717) is 24.2 Å². The van der Waals surface area contributed by atoms with E-state index in [9.17, 15) is 18.0 Å². The lowest BCUT2D eigenvalue weighted by atomic mass is 10.1. The molecule has 0 saturated carbocycles. The van der Waals surface area contributed by atoms with E-state index >= 15 is 0 Å². The number of anilines is 2. The standard InChI is InChI=1S/C20H24N2O4S/c1-15(23)21-19-7-3-17(4-8-19)11-13-27(25,26)14-12-18-5-9-20(10-6-18)22-16(2)24/h3-10H,11-14H2,1-2H3,(H,21,23)(H,22,24). The van der Waals surface area contributed by atoms with Crippen LogP contribution in [0.15, 0.2) is 48.5 Å². The molecule has 0 atom stereocenters. The molecular weight excluding hydrogens is 364 g/mol. The summed E-state index contributed by atoms with van der Waals surface area (Å²) in [5.41, 5.74) is 3.20. The minimum Gasteiger partial charge on any atom is -0.326 e. The van der Waals surface area contributed by atoms with Crippen LogP contribution in [0.4, 0.5) is 11.4 Å². The number of benzene rings is 2. The topological polar surface area (TPSA) is 92.3 Å². The van der Waals surface area contributed by atoms with E-state index in [-0.39, 0.29) is 23.3 Å². The number of carbonyl (C=O) groups is 2. The summed E-state index contributed by atoms with van der Waals surface area (Å²) >= 11 is 0. The second kappa shape index (κ2) is 9.32. The van der Waals surface area contributed by atoms with E-state index in [0.717, 1.165) is 11.1 Å². The van der Waals surface area contributed by atoms with Gasteiger partial charge in [0.1, 0.15) is 0 Å². The fraction of sp³-hybridized carbons (Fsp3) is 0.300. The van der Waals surface area contributed by atoms with Crippen LogP contribution < -0.4 is 10.6 Å². The van der Waals surface area contributed by atoms with Gasteiger partial charge >= 0.3 is 0 Å². The number of hydrogen-bond acceptors (Lipinski definition) is 4. The Labute approximate surface area is 159 Å². The highest BCUT2D eigenvalue weighted by Crippen LogP contribution is 2.13. The molecule has 0 aliphatic heterocycles. The smallest absolute Gasteiger partial charge is 0.221 e. The van der Waals surface area contributed by atoms with Crippen molar-refractivity contribution in [3.8, 4) is 0 Å². The van der Waals surface area contributed by atoms with Crippen LogP contribution in [0.25, 0.3) is 0 Å². The van der Waals surface area contributed by atoms with Gasteiger partial charge < -0.3 is 10.6 Å². The zero-order valence-corrected chi connectivity index (χ0v) is 16.3. The number of nitrogens with one attached hydrogen (secondary N) is 2. The Hall–Kier alpha value is -2.67. The maximum atomic E-state index is 12.3. The second-order valence-electron chi connectivity index (χ2n) is 6.41. The Kier molecular flexibility index (Phi) is 7.12. The molecule has 0 unspecified atom stereocenters. The third-order valence-electron chi connectivity index (χ3n) is 3.95. The Morgan fingerprint density at radius 3 is 1.33 bits per heavy atom. The van der Waals surface area contributed by atoms with Gasteiger partial charge in [-0.05, 0) is 48.2 Å². The highest BCUT2D eigenvalue weighted by atomic mass is 32.2. The van der Waals surface area contributed by atoms with Crippen molar-refractivity contribution >= 4 is 33.0 Å². The summed E-state index contributed by atoms with van der Waals surface area (Å²) in [5.74, 6) is -0.127. The first kappa shape index (κ1) is 20.6. The molecule has 0 saturated heterocycles. The lowest BCUT2D eigenvalue weighted by Gasteiger charge is -2.07. The van der Waals surface area contributed by atoms with Crippen molar-refractivity contribution in [1.82, 2.24) is 0 Å². The van der Waals surface area contributed by atoms with Crippen molar-refractivity contribution in [2.24, 2.45) is 0 Å². The van der Waals surface area contributed by atoms with E-state index < -0.39 is 9.84 Å². The number of carbonyl (C=O) groups excluding carboxylic acids is 2. The maximum Gasteiger partial charge on any atom is 0.221 e. The van der Waals surface area contributed by atoms with E-state index in [1.807, 2.05) is 24.3 Å². The highest BCUT2D eigenvalue weighted by Gasteiger charge is 2.11. The number of amides is 2. The monoisotopic (exact) mass is 388 g/mol. The molecule has 2 aromatic rings. The second-order valence-corrected chi connectivity index (χ2v) is 8.71. The minimum absolute atomic E-state index is 0.0798. The van der Waals surface area contributed by atoms with E-state index in [1.165, 1.54) is 13.8 Å². The third-order valence-corrected chi connectivity index (χ3v) is 5.60. The predicted octanol–water partition coefficient (Wildman–Crippen LogP) is 2.80. The molecule has 2 N–H and O–H groups in total. The Bertz CT molecular complexity index is 819. The van der Waals surface area contributed by atoms with Gasteiger partial charge in [0.25, 0.3) is 0 Å². The number of hydrogen-bond donors (Lipinski definition) is 2. The van der Waals surface area contributed by atoms with Crippen LogP contribution in [0.1, 0.15) is 25.0 Å². The Balaban J connectivity index is 1.84. The lowest BCUT2D eigenvalue weighted by Crippen LogP contribution is -2.15. The molecule has 2 aromatic carbocycles. The molecule has 2 rings (SSSR count). The molecule has 0 fully saturated rings. The third kappa shape index (κ3) is 7.62. The summed E-state index contributed by atoms with van der Waals surface area (Å²) in [6, 6.07) is 14.3. The minimum atomic E-state index is -3.18. The first-order valence-corrected chi connectivity index (χ1v) is 10.5. The quantitative estimate of drug-likeness (QED) is 0.727. The van der Waals surface area contributed by atoms with Gasteiger partial charge in [-0.1, -0.05) is 24.3 Å². The summed E-state index contributed by atoms with van der Waals surface area (Å²) in [6.45, 7) is 2.88. The van der Waals surface area contributed by atoms with Crippen LogP contribution in [0, 0.1) is 0 Å². The number of sulfone groups is 1. The fourth-order valence-electron chi connectivity index (χ4n) is 2.56. The summed E-state index contributed by atoms with van der Waals surface area (Å²) in [7, 11) is -3.18. The molecule has 2 amide bonds. The normalized spacial score (nSPS) is 11.0. The Morgan fingerprint density at radius 2 is 1.04 bits per heavy atom. The zero-order valence-electron chi connectivity index (χ0n) is 15.5. The first-order chi connectivity index (χ1) is 12.7. The summed E-state index contributed by atoms with van der Waals surface area (Å²) < 4.78 is 24.6. The van der Waals surface area contributed by atoms with Crippen molar-refractivity contribution in [3.05, 3.63) is 59.7 Å². The van der Waals surface area contributed by atoms with Crippen LogP contribution in [-0.4, -0.2) is 31.7 Å². The van der Waals surface area contributed by atoms with Crippen LogP contribution >= 0.6 is 0 Å². The molecule has 0 spiro atoms. The summed E-state index contributed by atoms with van der Waals surface area (Å²) in [4.78, 5) is 22.0. The zero-order chi connectivity index (χ0) is 19.9. The molecule has 7 heteroatoms. The largest absolute Gasteiger partial charge is 0.326 e. The SMILES string of the molecule is CC(=O)Nc1ccc(CCS(=O)(=O)CCc2ccc(NC(C)=O)cc2)cc1. The van der Waals surface area contributed by atoms with Gasteiger partial charge in [0, 0.05) is 25.2 Å². The van der Waals surface area contributed by atoms with Crippen molar-refractivity contribution in [1.29, 1.82) is 0 Å². The highest BCUT2D eigenvalue weighted by molar-refractivity contribution is 7.91. The van der Waals surface area contributed by atoms with Crippen LogP contribution in [-0.2, 0) is 32.3 Å². The number of rotatable bonds is 8. The average molecular weight is 388 g/mol. The molecule has 0 bridgehead atoms. The molecule has 0 aliphatic rings. The van der Waals surface area contributed by atoms with Crippen LogP contribution in [0.3, 0.4) is 0 Å². The predicted molar refractivity (Wildman–Crippen MR) is 108 cm³/mol. The molecule has 0 aliphatic carbocycles. The van der Waals surface area contributed by atoms with Crippen molar-refractivity contribution < 1.29 is 18.0 Å². The average Bonchev–Trinajstić information content (AvgIpc) is 2.60. The molecule has 6 nitrogen and oxygen atoms in total. The van der Waals surface area contributed by atoms with Crippen molar-refractivity contribution in [3.63, 3.8) is 0 Å². The van der Waals surface area contributed by atoms with Crippen molar-refractivity contribution in [2.75, 3.05) is 22.1 Å². The first-order valence-electron chi connectivity index (χ1n) is 8.67. The van der Waals surface area contributed by atoms with E-state index in [2.05, 4.69) is 10.6 Å². The van der Waals surface area contributed by atoms with E-state index in [4.69, 9.17) is 0 Å². The Morgan fingerprint density at radius 1 is 0.704 bits per heavy atom. The molecule has 144 valence electrons. The number of aryl methyl sites for hydroxylation is 2. The van der Waals surface area contributed by atoms with Crippen molar-refractivity contribution in [2.45, 2.75) is 26.7 Å². The van der Waals surface area contributed by atoms with Gasteiger partial charge in [-0.3, -0.25) is 9.59 Å². The van der Waals surface area contributed by atoms with Gasteiger partial charge in [0.05, 0.1) is 11.5 Å². The molecule has 0 radical (unpaired) electrons. The maximum absolute atomic E-state index is 12.3. The molecule has 0 heterocycles. The fourth-order valence-corrected chi connectivity index (χ4v) is 3.86. The van der Waals surface area contributed by atoms with Gasteiger partial charge in [0.15, 0.2) is 9.84 Å². The van der Waals surface area contributed by atoms with Gasteiger partial charge in [0.2, 0.25) is 11.8 Å². The van der Waals surface area contributed by atoms with Gasteiger partial charge in [-0.25, -0.2) is 8.42 Å². The van der Waals surface area contributed by atoms with E-state index in [1.54, 1.807) is 24.3 Å². The summed E-state index contributed by atoms with van der Waals surface area (Å²) in [6.07, 6.45) is 0.869. The van der Waals surface area contributed by atoms with Gasteiger partial charge in [-0.2, -0.15) is 0 Å². The lowest BCUT2D eigenvalue weighted by molar-refractivity contribution is -0.115. The molecular formula is C20H24N2O4S. The van der Waals surface area contributed by atoms with Gasteiger partial charge in [-0.15, -0.1) is 0 Å².